The van der Waals surface area contributed by atoms with E-state index in [0.29, 0.717) is 45.2 Å². The Balaban J connectivity index is 1.49. The number of nitrogen functional groups attached to an aromatic ring is 2. The van der Waals surface area contributed by atoms with Gasteiger partial charge in [0.15, 0.2) is 22.5 Å². The van der Waals surface area contributed by atoms with Crippen molar-refractivity contribution in [1.82, 2.24) is 30.4 Å². The maximum Gasteiger partial charge on any atom is 0.273 e. The summed E-state index contributed by atoms with van der Waals surface area (Å²) in [5, 5.41) is 56.2. The topological polar surface area (TPSA) is 244 Å². The minimum Gasteiger partial charge on any atom is -0.394 e. The largest absolute Gasteiger partial charge is 0.394 e. The number of halogens is 1. The first-order valence-electron chi connectivity index (χ1n) is 18.8. The Morgan fingerprint density at radius 1 is 0.981 bits per heavy atom. The highest BCUT2D eigenvalue weighted by molar-refractivity contribution is 6.31. The number of nitrogens with one attached hydrogen (secondary N) is 2. The van der Waals surface area contributed by atoms with Gasteiger partial charge in [0.05, 0.1) is 12.7 Å². The summed E-state index contributed by atoms with van der Waals surface area (Å²) in [6.07, 6.45) is 0.441. The van der Waals surface area contributed by atoms with Gasteiger partial charge >= 0.3 is 0 Å². The van der Waals surface area contributed by atoms with Crippen LogP contribution in [0.15, 0.2) is 24.3 Å². The molecule has 298 valence electrons. The van der Waals surface area contributed by atoms with E-state index < -0.39 is 36.9 Å². The summed E-state index contributed by atoms with van der Waals surface area (Å²) < 4.78 is 0. The van der Waals surface area contributed by atoms with Gasteiger partial charge in [-0.05, 0) is 75.2 Å². The molecule has 0 saturated carbocycles. The van der Waals surface area contributed by atoms with Gasteiger partial charge in [-0.2, -0.15) is 0 Å². The van der Waals surface area contributed by atoms with Crippen molar-refractivity contribution in [3.8, 4) is 0 Å². The molecule has 15 nitrogen and oxygen atoms in total. The number of aliphatic hydroxyl groups excluding tert-OH is 5. The molecule has 53 heavy (non-hydrogen) atoms. The lowest BCUT2D eigenvalue weighted by Gasteiger charge is -2.34. The lowest BCUT2D eigenvalue weighted by Crippen LogP contribution is -2.50. The Morgan fingerprint density at radius 3 is 2.36 bits per heavy atom. The standard InChI is InChI=1S/C37H61ClN8O7/c1-3-4-5-8-14-45(22-28(48)32(51)33(52)29(49)23-47)15-13-30(50)46-16-11-25(12-17-46)19-41-20-26(18-27-10-7-6-9-24(27)2)21-42-37(53)31-35(39)44-36(40)34(38)43-31/h6-7,9-10,25-26,28-29,32-33,41,47-49,51-52H,3-5,8,11-23H2,1-2H3,(H,42,53)(H4,39,40,44)/t26?,28-,29+,32+,33+/m0/s1. The molecule has 1 aromatic carbocycles. The zero-order valence-electron chi connectivity index (χ0n) is 31.2. The Labute approximate surface area is 318 Å². The number of nitrogens with two attached hydrogens (primary N) is 2. The molecule has 11 N–H and O–H groups in total. The smallest absolute Gasteiger partial charge is 0.273 e. The third-order valence-corrected chi connectivity index (χ3v) is 10.3. The van der Waals surface area contributed by atoms with Gasteiger partial charge in [0.25, 0.3) is 5.91 Å². The molecule has 1 aliphatic rings. The molecule has 0 bridgehead atoms. The molecule has 2 aromatic rings. The Kier molecular flexibility index (Phi) is 19.1. The number of carbonyl (C=O) groups excluding carboxylic acids is 2. The van der Waals surface area contributed by atoms with Crippen LogP contribution >= 0.6 is 11.6 Å². The van der Waals surface area contributed by atoms with Crippen LogP contribution in [0.4, 0.5) is 11.6 Å². The van der Waals surface area contributed by atoms with Gasteiger partial charge < -0.3 is 57.4 Å². The fourth-order valence-corrected chi connectivity index (χ4v) is 6.71. The van der Waals surface area contributed by atoms with Gasteiger partial charge in [0.2, 0.25) is 5.91 Å². The van der Waals surface area contributed by atoms with Gasteiger partial charge in [-0.1, -0.05) is 62.1 Å². The number of carbonyl (C=O) groups is 2. The first-order valence-corrected chi connectivity index (χ1v) is 19.2. The second kappa shape index (κ2) is 22.9. The van der Waals surface area contributed by atoms with Crippen molar-refractivity contribution < 1.29 is 35.1 Å². The Hall–Kier alpha value is -3.15. The third-order valence-electron chi connectivity index (χ3n) is 10.0. The molecule has 1 saturated heterocycles. The molecule has 3 rings (SSSR count). The Bertz CT molecular complexity index is 1420. The quantitative estimate of drug-likeness (QED) is 0.0710. The summed E-state index contributed by atoms with van der Waals surface area (Å²) >= 11 is 5.98. The van der Waals surface area contributed by atoms with E-state index in [9.17, 15) is 30.0 Å². The van der Waals surface area contributed by atoms with Crippen molar-refractivity contribution in [2.24, 2.45) is 11.8 Å². The van der Waals surface area contributed by atoms with Crippen molar-refractivity contribution in [3.63, 3.8) is 0 Å². The number of hydrogen-bond acceptors (Lipinski definition) is 13. The zero-order valence-corrected chi connectivity index (χ0v) is 31.9. The molecule has 1 unspecified atom stereocenters. The highest BCUT2D eigenvalue weighted by atomic mass is 35.5. The van der Waals surface area contributed by atoms with E-state index >= 15 is 0 Å². The molecular weight excluding hydrogens is 704 g/mol. The molecule has 2 heterocycles. The molecule has 16 heteroatoms. The Morgan fingerprint density at radius 2 is 1.68 bits per heavy atom. The molecular formula is C37H61ClN8O7. The van der Waals surface area contributed by atoms with Crippen LogP contribution in [-0.2, 0) is 11.2 Å². The lowest BCUT2D eigenvalue weighted by molar-refractivity contribution is -0.133. The second-order valence-corrected chi connectivity index (χ2v) is 14.6. The van der Waals surface area contributed by atoms with Crippen LogP contribution in [0.3, 0.4) is 0 Å². The van der Waals surface area contributed by atoms with E-state index in [1.54, 1.807) is 0 Å². The van der Waals surface area contributed by atoms with E-state index in [2.05, 4.69) is 46.6 Å². The van der Waals surface area contributed by atoms with Gasteiger partial charge in [0, 0.05) is 39.1 Å². The first kappa shape index (κ1) is 44.2. The van der Waals surface area contributed by atoms with Crippen LogP contribution in [0.2, 0.25) is 5.15 Å². The molecule has 1 fully saturated rings. The maximum atomic E-state index is 13.2. The lowest BCUT2D eigenvalue weighted by atomic mass is 9.94. The van der Waals surface area contributed by atoms with E-state index in [1.165, 1.54) is 11.1 Å². The summed E-state index contributed by atoms with van der Waals surface area (Å²) in [5.41, 5.74) is 13.8. The molecule has 1 aromatic heterocycles. The number of benzene rings is 1. The van der Waals surface area contributed by atoms with Crippen LogP contribution in [0.1, 0.15) is 73.5 Å². The minimum atomic E-state index is -1.69. The molecule has 0 aliphatic carbocycles. The number of likely N-dealkylation sites (tertiary alicyclic amines) is 1. The average Bonchev–Trinajstić information content (AvgIpc) is 3.15. The number of piperidine rings is 1. The van der Waals surface area contributed by atoms with Crippen molar-refractivity contribution in [2.45, 2.75) is 89.6 Å². The fraction of sp³-hybridized carbons (Fsp3) is 0.676. The molecule has 1 aliphatic heterocycles. The summed E-state index contributed by atoms with van der Waals surface area (Å²) in [7, 11) is 0. The SMILES string of the molecule is CCCCCCN(CCC(=O)N1CCC(CNCC(CNC(=O)c2nc(Cl)c(N)nc2N)Cc2ccccc2C)CC1)C[C@H](O)[C@@H](O)[C@H](O)[C@H](O)CO. The van der Waals surface area contributed by atoms with Crippen LogP contribution < -0.4 is 22.1 Å². The maximum absolute atomic E-state index is 13.2. The van der Waals surface area contributed by atoms with E-state index in [4.69, 9.17) is 28.2 Å². The predicted molar refractivity (Wildman–Crippen MR) is 205 cm³/mol. The number of nitrogens with zero attached hydrogens (tertiary/aromatic N) is 4. The summed E-state index contributed by atoms with van der Waals surface area (Å²) in [6, 6.07) is 8.16. The number of unbranched alkanes of at least 4 members (excludes halogenated alkanes) is 3. The van der Waals surface area contributed by atoms with E-state index in [1.807, 2.05) is 21.9 Å². The normalized spacial score (nSPS) is 16.7. The van der Waals surface area contributed by atoms with Crippen LogP contribution in [0.25, 0.3) is 0 Å². The van der Waals surface area contributed by atoms with Crippen molar-refractivity contribution >= 4 is 35.1 Å². The number of hydrogen-bond donors (Lipinski definition) is 9. The van der Waals surface area contributed by atoms with Gasteiger partial charge in [-0.15, -0.1) is 0 Å². The van der Waals surface area contributed by atoms with E-state index in [0.717, 1.165) is 51.5 Å². The van der Waals surface area contributed by atoms with Gasteiger partial charge in [-0.25, -0.2) is 9.97 Å². The summed E-state index contributed by atoms with van der Waals surface area (Å²) in [6.45, 7) is 7.55. The van der Waals surface area contributed by atoms with Gasteiger partial charge in [0.1, 0.15) is 18.3 Å². The summed E-state index contributed by atoms with van der Waals surface area (Å²) in [4.78, 5) is 37.9. The molecule has 5 atom stereocenters. The average molecular weight is 765 g/mol. The monoisotopic (exact) mass is 764 g/mol. The van der Waals surface area contributed by atoms with Crippen molar-refractivity contribution in [1.29, 1.82) is 0 Å². The highest BCUT2D eigenvalue weighted by Gasteiger charge is 2.31. The number of anilines is 2. The number of rotatable bonds is 23. The second-order valence-electron chi connectivity index (χ2n) is 14.2. The zero-order chi connectivity index (χ0) is 38.9. The molecule has 0 spiro atoms. The number of aromatic nitrogens is 2. The number of amides is 2. The highest BCUT2D eigenvalue weighted by Crippen LogP contribution is 2.20. The van der Waals surface area contributed by atoms with Crippen molar-refractivity contribution in [2.75, 3.05) is 70.4 Å². The fourth-order valence-electron chi connectivity index (χ4n) is 6.58. The third kappa shape index (κ3) is 14.5. The van der Waals surface area contributed by atoms with Crippen LogP contribution in [0.5, 0.6) is 0 Å². The van der Waals surface area contributed by atoms with Crippen LogP contribution in [-0.4, -0.2) is 140 Å². The molecule has 0 radical (unpaired) electrons. The van der Waals surface area contributed by atoms with Crippen molar-refractivity contribution in [3.05, 3.63) is 46.2 Å². The first-order chi connectivity index (χ1) is 25.3. The van der Waals surface area contributed by atoms with E-state index in [-0.39, 0.29) is 47.3 Å². The number of aliphatic hydroxyl groups is 5. The molecule has 2 amide bonds. The van der Waals surface area contributed by atoms with Crippen LogP contribution in [0, 0.1) is 18.8 Å². The minimum absolute atomic E-state index is 0.0237. The summed E-state index contributed by atoms with van der Waals surface area (Å²) in [5.74, 6) is -0.133. The van der Waals surface area contributed by atoms with Gasteiger partial charge in [-0.3, -0.25) is 9.59 Å². The number of aryl methyl sites for hydroxylation is 1. The predicted octanol–water partition coefficient (Wildman–Crippen LogP) is 0.728.